The standard InChI is InChI=1S/C31H26N2O4P2/c34-33(35)25-21-22-30(32-23-25)31(39(37,28-17-9-3-10-18-28)29-19-11-4-12-20-29)24-38(36,26-13-5-1-6-14-26)27-15-7-2-8-16-27/h1-23,31H,24H2. The molecule has 194 valence electrons. The number of hydrogen-bond donors (Lipinski definition) is 0. The average Bonchev–Trinajstić information content (AvgIpc) is 3.01. The van der Waals surface area contributed by atoms with Crippen LogP contribution in [0.5, 0.6) is 0 Å². The monoisotopic (exact) mass is 552 g/mol. The molecular weight excluding hydrogens is 526 g/mol. The van der Waals surface area contributed by atoms with Crippen LogP contribution in [0.15, 0.2) is 140 Å². The zero-order chi connectivity index (χ0) is 27.3. The Bertz CT molecular complexity index is 1560. The van der Waals surface area contributed by atoms with E-state index in [4.69, 9.17) is 0 Å². The van der Waals surface area contributed by atoms with Crippen molar-refractivity contribution in [1.29, 1.82) is 0 Å². The minimum atomic E-state index is -3.54. The van der Waals surface area contributed by atoms with Gasteiger partial charge >= 0.3 is 0 Å². The van der Waals surface area contributed by atoms with Gasteiger partial charge in [0, 0.05) is 33.4 Å². The summed E-state index contributed by atoms with van der Waals surface area (Å²) in [5.74, 6) is 0. The Labute approximate surface area is 227 Å². The molecule has 1 aromatic heterocycles. The first-order chi connectivity index (χ1) is 18.9. The molecule has 0 bridgehead atoms. The third-order valence-corrected chi connectivity index (χ3v) is 13.7. The molecule has 39 heavy (non-hydrogen) atoms. The topological polar surface area (TPSA) is 90.2 Å². The van der Waals surface area contributed by atoms with Gasteiger partial charge in [-0.2, -0.15) is 0 Å². The molecule has 1 unspecified atom stereocenters. The number of pyridine rings is 1. The Morgan fingerprint density at radius 1 is 0.615 bits per heavy atom. The van der Waals surface area contributed by atoms with Crippen LogP contribution in [0.3, 0.4) is 0 Å². The van der Waals surface area contributed by atoms with Crippen LogP contribution >= 0.6 is 14.3 Å². The molecule has 5 aromatic rings. The summed E-state index contributed by atoms with van der Waals surface area (Å²) in [4.78, 5) is 15.3. The summed E-state index contributed by atoms with van der Waals surface area (Å²) in [6.07, 6.45) is 1.20. The molecule has 0 N–H and O–H groups in total. The van der Waals surface area contributed by atoms with E-state index in [0.717, 1.165) is 0 Å². The maximum atomic E-state index is 15.6. The number of nitrogens with zero attached hydrogens (tertiary/aromatic N) is 2. The van der Waals surface area contributed by atoms with Crippen LogP contribution in [0.25, 0.3) is 0 Å². The van der Waals surface area contributed by atoms with Crippen molar-refractivity contribution in [2.75, 3.05) is 6.16 Å². The maximum absolute atomic E-state index is 15.6. The van der Waals surface area contributed by atoms with E-state index in [-0.39, 0.29) is 11.8 Å². The van der Waals surface area contributed by atoms with Crippen molar-refractivity contribution in [2.45, 2.75) is 5.66 Å². The number of benzene rings is 4. The van der Waals surface area contributed by atoms with Crippen molar-refractivity contribution >= 4 is 41.2 Å². The average molecular weight is 553 g/mol. The lowest BCUT2D eigenvalue weighted by molar-refractivity contribution is -0.385. The lowest BCUT2D eigenvalue weighted by atomic mass is 10.3. The molecule has 6 nitrogen and oxygen atoms in total. The van der Waals surface area contributed by atoms with Crippen molar-refractivity contribution in [3.8, 4) is 0 Å². The zero-order valence-electron chi connectivity index (χ0n) is 21.0. The van der Waals surface area contributed by atoms with Crippen LogP contribution in [0.4, 0.5) is 5.69 Å². The molecule has 0 fully saturated rings. The number of aromatic nitrogens is 1. The molecule has 0 aliphatic rings. The van der Waals surface area contributed by atoms with Gasteiger partial charge in [-0.05, 0) is 6.07 Å². The number of nitro groups is 1. The highest BCUT2D eigenvalue weighted by Crippen LogP contribution is 2.62. The van der Waals surface area contributed by atoms with Gasteiger partial charge in [0.25, 0.3) is 5.69 Å². The van der Waals surface area contributed by atoms with E-state index < -0.39 is 24.9 Å². The third-order valence-electron chi connectivity index (χ3n) is 6.82. The second-order valence-corrected chi connectivity index (χ2v) is 15.0. The number of hydrogen-bond acceptors (Lipinski definition) is 5. The van der Waals surface area contributed by atoms with Gasteiger partial charge in [-0.25, -0.2) is 0 Å². The summed E-state index contributed by atoms with van der Waals surface area (Å²) in [5.41, 5.74) is -0.598. The van der Waals surface area contributed by atoms with Gasteiger partial charge in [-0.15, -0.1) is 0 Å². The van der Waals surface area contributed by atoms with E-state index in [1.54, 1.807) is 6.07 Å². The summed E-state index contributed by atoms with van der Waals surface area (Å²) >= 11 is 0. The van der Waals surface area contributed by atoms with Gasteiger partial charge in [0.05, 0.1) is 16.3 Å². The summed E-state index contributed by atoms with van der Waals surface area (Å²) in [6.45, 7) is 0. The maximum Gasteiger partial charge on any atom is 0.287 e. The fraction of sp³-hybridized carbons (Fsp3) is 0.0645. The Hall–Kier alpha value is -4.11. The molecule has 0 saturated carbocycles. The smallest absolute Gasteiger partial charge is 0.287 e. The fourth-order valence-electron chi connectivity index (χ4n) is 4.85. The van der Waals surface area contributed by atoms with Crippen LogP contribution in [-0.2, 0) is 9.13 Å². The molecule has 0 aliphatic heterocycles. The lowest BCUT2D eigenvalue weighted by Crippen LogP contribution is -2.28. The van der Waals surface area contributed by atoms with Crippen molar-refractivity contribution in [2.24, 2.45) is 0 Å². The molecular formula is C31H26N2O4P2. The van der Waals surface area contributed by atoms with Crippen molar-refractivity contribution in [3.05, 3.63) is 155 Å². The molecule has 0 saturated heterocycles. The second kappa shape index (κ2) is 11.3. The third kappa shape index (κ3) is 5.27. The van der Waals surface area contributed by atoms with Gasteiger partial charge in [0.15, 0.2) is 7.14 Å². The van der Waals surface area contributed by atoms with E-state index in [1.807, 2.05) is 121 Å². The highest BCUT2D eigenvalue weighted by molar-refractivity contribution is 7.82. The number of rotatable bonds is 9. The second-order valence-electron chi connectivity index (χ2n) is 9.14. The molecule has 4 aromatic carbocycles. The van der Waals surface area contributed by atoms with Gasteiger partial charge in [0.2, 0.25) is 0 Å². The van der Waals surface area contributed by atoms with Crippen LogP contribution in [-0.4, -0.2) is 16.1 Å². The van der Waals surface area contributed by atoms with E-state index in [1.165, 1.54) is 12.3 Å². The predicted octanol–water partition coefficient (Wildman–Crippen LogP) is 6.06. The molecule has 0 aliphatic carbocycles. The lowest BCUT2D eigenvalue weighted by Gasteiger charge is -2.32. The SMILES string of the molecule is O=[N+]([O-])c1ccc(C(CP(=O)(c2ccccc2)c2ccccc2)P(=O)(c2ccccc2)c2ccccc2)nc1. The first kappa shape index (κ1) is 26.5. The van der Waals surface area contributed by atoms with Crippen LogP contribution < -0.4 is 21.2 Å². The minimum Gasteiger partial charge on any atom is -0.314 e. The van der Waals surface area contributed by atoms with Gasteiger partial charge in [-0.3, -0.25) is 15.1 Å². The van der Waals surface area contributed by atoms with Gasteiger partial charge < -0.3 is 9.13 Å². The molecule has 0 amide bonds. The van der Waals surface area contributed by atoms with E-state index in [2.05, 4.69) is 4.98 Å². The van der Waals surface area contributed by atoms with Crippen molar-refractivity contribution < 1.29 is 14.1 Å². The van der Waals surface area contributed by atoms with Crippen LogP contribution in [0, 0.1) is 10.1 Å². The highest BCUT2D eigenvalue weighted by Gasteiger charge is 2.44. The largest absolute Gasteiger partial charge is 0.314 e. The summed E-state index contributed by atoms with van der Waals surface area (Å²) in [5, 5.41) is 13.9. The fourth-order valence-corrected chi connectivity index (χ4v) is 11.9. The first-order valence-electron chi connectivity index (χ1n) is 12.4. The van der Waals surface area contributed by atoms with Crippen molar-refractivity contribution in [3.63, 3.8) is 0 Å². The van der Waals surface area contributed by atoms with Gasteiger partial charge in [-0.1, -0.05) is 121 Å². The minimum absolute atomic E-state index is 0.0207. The summed E-state index contributed by atoms with van der Waals surface area (Å²) in [6, 6.07) is 39.7. The molecule has 0 spiro atoms. The Morgan fingerprint density at radius 3 is 1.38 bits per heavy atom. The Balaban J connectivity index is 1.78. The predicted molar refractivity (Wildman–Crippen MR) is 158 cm³/mol. The molecule has 1 atom stereocenters. The molecule has 1 heterocycles. The van der Waals surface area contributed by atoms with Crippen LogP contribution in [0.2, 0.25) is 0 Å². The molecule has 8 heteroatoms. The summed E-state index contributed by atoms with van der Waals surface area (Å²) in [7, 11) is -6.90. The quantitative estimate of drug-likeness (QED) is 0.126. The normalized spacial score (nSPS) is 12.5. The summed E-state index contributed by atoms with van der Waals surface area (Å²) < 4.78 is 30.8. The highest BCUT2D eigenvalue weighted by atomic mass is 31.2. The van der Waals surface area contributed by atoms with Gasteiger partial charge in [0.1, 0.15) is 13.3 Å². The van der Waals surface area contributed by atoms with Crippen LogP contribution in [0.1, 0.15) is 11.4 Å². The molecule has 0 radical (unpaired) electrons. The first-order valence-corrected chi connectivity index (χ1v) is 16.1. The Morgan fingerprint density at radius 2 is 1.03 bits per heavy atom. The van der Waals surface area contributed by atoms with E-state index >= 15 is 9.13 Å². The zero-order valence-corrected chi connectivity index (χ0v) is 22.8. The van der Waals surface area contributed by atoms with E-state index in [0.29, 0.717) is 26.9 Å². The van der Waals surface area contributed by atoms with Crippen molar-refractivity contribution in [1.82, 2.24) is 4.98 Å². The Kier molecular flexibility index (Phi) is 7.70. The van der Waals surface area contributed by atoms with E-state index in [9.17, 15) is 10.1 Å². The molecule has 5 rings (SSSR count).